The number of anilines is 2. The van der Waals surface area contributed by atoms with Crippen LogP contribution in [0.3, 0.4) is 0 Å². The predicted molar refractivity (Wildman–Crippen MR) is 111 cm³/mol. The van der Waals surface area contributed by atoms with Crippen LogP contribution in [-0.4, -0.2) is 11.0 Å². The molecule has 1 aromatic heterocycles. The molecule has 0 radical (unpaired) electrons. The number of aryl methyl sites for hydroxylation is 2. The van der Waals surface area contributed by atoms with Gasteiger partial charge in [0.2, 0.25) is 0 Å². The Kier molecular flexibility index (Phi) is 5.11. The molecule has 7 heteroatoms. The van der Waals surface area contributed by atoms with Gasteiger partial charge in [-0.05, 0) is 54.8 Å². The van der Waals surface area contributed by atoms with E-state index in [1.165, 1.54) is 18.3 Å². The number of ether oxygens (including phenoxy) is 1. The van der Waals surface area contributed by atoms with Crippen molar-refractivity contribution in [2.24, 2.45) is 0 Å². The molecular weight excluding hydrogens is 393 g/mol. The van der Waals surface area contributed by atoms with Crippen molar-refractivity contribution in [1.82, 2.24) is 4.98 Å². The second kappa shape index (κ2) is 7.72. The molecule has 4 rings (SSSR count). The van der Waals surface area contributed by atoms with Crippen LogP contribution < -0.4 is 15.0 Å². The fraction of sp³-hybridized carbons (Fsp3) is 0.182. The monoisotopic (exact) mass is 411 g/mol. The van der Waals surface area contributed by atoms with E-state index in [0.29, 0.717) is 23.0 Å². The van der Waals surface area contributed by atoms with E-state index >= 15 is 0 Å². The predicted octanol–water partition coefficient (Wildman–Crippen LogP) is 5.62. The highest BCUT2D eigenvalue weighted by atomic mass is 35.5. The summed E-state index contributed by atoms with van der Waals surface area (Å²) in [5.41, 5.74) is 4.47. The van der Waals surface area contributed by atoms with Crippen LogP contribution in [-0.2, 0) is 13.2 Å². The first-order chi connectivity index (χ1) is 13.9. The maximum Gasteiger partial charge on any atom is 0.326 e. The number of rotatable bonds is 4. The van der Waals surface area contributed by atoms with Crippen LogP contribution in [0.25, 0.3) is 0 Å². The van der Waals surface area contributed by atoms with Gasteiger partial charge in [0.05, 0.1) is 12.2 Å². The lowest BCUT2D eigenvalue weighted by Gasteiger charge is -2.31. The number of nitrogens with one attached hydrogen (secondary N) is 1. The number of hydrogen-bond donors (Lipinski definition) is 1. The Morgan fingerprint density at radius 2 is 2.03 bits per heavy atom. The standard InChI is InChI=1S/C22H19ClFN3O2/c1-13-8-14(2)21(29-12-19-17(24)4-3-7-25-19)10-20(13)27-11-15-5-6-16(23)9-18(15)26-22(27)28/h3-10H,11-12H2,1-2H3,(H,26,28). The van der Waals surface area contributed by atoms with E-state index in [1.54, 1.807) is 17.0 Å². The van der Waals surface area contributed by atoms with Gasteiger partial charge < -0.3 is 10.1 Å². The Hall–Kier alpha value is -3.12. The molecule has 0 aliphatic carbocycles. The van der Waals surface area contributed by atoms with Gasteiger partial charge >= 0.3 is 6.03 Å². The quantitative estimate of drug-likeness (QED) is 0.606. The SMILES string of the molecule is Cc1cc(C)c(N2Cc3ccc(Cl)cc3NC2=O)cc1OCc1ncccc1F. The second-order valence-electron chi connectivity index (χ2n) is 6.94. The van der Waals surface area contributed by atoms with E-state index in [2.05, 4.69) is 10.3 Å². The van der Waals surface area contributed by atoms with Crippen molar-refractivity contribution in [3.05, 3.63) is 81.9 Å². The number of nitrogens with zero attached hydrogens (tertiary/aromatic N) is 2. The van der Waals surface area contributed by atoms with Crippen LogP contribution in [0.4, 0.5) is 20.6 Å². The zero-order valence-corrected chi connectivity index (χ0v) is 16.8. The van der Waals surface area contributed by atoms with E-state index in [-0.39, 0.29) is 18.3 Å². The molecule has 2 aromatic carbocycles. The van der Waals surface area contributed by atoms with Gasteiger partial charge in [0, 0.05) is 23.0 Å². The highest BCUT2D eigenvalue weighted by Gasteiger charge is 2.26. The third-order valence-corrected chi connectivity index (χ3v) is 5.11. The lowest BCUT2D eigenvalue weighted by atomic mass is 10.1. The molecule has 0 unspecified atom stereocenters. The van der Waals surface area contributed by atoms with E-state index in [9.17, 15) is 9.18 Å². The van der Waals surface area contributed by atoms with Crippen LogP contribution in [0.2, 0.25) is 5.02 Å². The number of pyridine rings is 1. The van der Waals surface area contributed by atoms with Gasteiger partial charge in [-0.15, -0.1) is 0 Å². The number of aromatic nitrogens is 1. The molecule has 0 saturated carbocycles. The first kappa shape index (κ1) is 19.2. The highest BCUT2D eigenvalue weighted by molar-refractivity contribution is 6.31. The molecule has 1 aliphatic rings. The maximum atomic E-state index is 13.8. The number of hydrogen-bond acceptors (Lipinski definition) is 3. The summed E-state index contributed by atoms with van der Waals surface area (Å²) >= 11 is 6.02. The summed E-state index contributed by atoms with van der Waals surface area (Å²) in [6, 6.07) is 11.8. The minimum Gasteiger partial charge on any atom is -0.487 e. The Labute approximate surface area is 173 Å². The number of carbonyl (C=O) groups is 1. The molecule has 3 aromatic rings. The molecule has 148 valence electrons. The number of benzene rings is 2. The van der Waals surface area contributed by atoms with Crippen LogP contribution in [0.1, 0.15) is 22.4 Å². The summed E-state index contributed by atoms with van der Waals surface area (Å²) < 4.78 is 19.7. The van der Waals surface area contributed by atoms with Crippen molar-refractivity contribution in [2.75, 3.05) is 10.2 Å². The zero-order valence-electron chi connectivity index (χ0n) is 16.0. The first-order valence-electron chi connectivity index (χ1n) is 9.13. The van der Waals surface area contributed by atoms with Crippen molar-refractivity contribution in [3.63, 3.8) is 0 Å². The Morgan fingerprint density at radius 3 is 2.83 bits per heavy atom. The normalized spacial score (nSPS) is 13.1. The Bertz CT molecular complexity index is 1100. The third kappa shape index (κ3) is 3.89. The summed E-state index contributed by atoms with van der Waals surface area (Å²) in [5, 5.41) is 3.45. The Balaban J connectivity index is 1.62. The minimum absolute atomic E-state index is 0.00352. The van der Waals surface area contributed by atoms with E-state index < -0.39 is 5.82 Å². The molecule has 0 fully saturated rings. The average Bonchev–Trinajstić information content (AvgIpc) is 2.68. The second-order valence-corrected chi connectivity index (χ2v) is 7.38. The molecular formula is C22H19ClFN3O2. The van der Waals surface area contributed by atoms with Gasteiger partial charge in [0.15, 0.2) is 0 Å². The summed E-state index contributed by atoms with van der Waals surface area (Å²) in [6.07, 6.45) is 1.52. The highest BCUT2D eigenvalue weighted by Crippen LogP contribution is 2.35. The van der Waals surface area contributed by atoms with Gasteiger partial charge in [-0.2, -0.15) is 0 Å². The average molecular weight is 412 g/mol. The Morgan fingerprint density at radius 1 is 1.21 bits per heavy atom. The number of urea groups is 1. The molecule has 1 aliphatic heterocycles. The summed E-state index contributed by atoms with van der Waals surface area (Å²) in [7, 11) is 0. The number of carbonyl (C=O) groups excluding carboxylic acids is 1. The van der Waals surface area contributed by atoms with E-state index in [1.807, 2.05) is 32.0 Å². The first-order valence-corrected chi connectivity index (χ1v) is 9.50. The molecule has 0 bridgehead atoms. The van der Waals surface area contributed by atoms with Gasteiger partial charge in [-0.1, -0.05) is 23.7 Å². The van der Waals surface area contributed by atoms with Gasteiger partial charge in [-0.3, -0.25) is 9.88 Å². The minimum atomic E-state index is -0.414. The summed E-state index contributed by atoms with van der Waals surface area (Å²) in [5.74, 6) is 0.161. The largest absolute Gasteiger partial charge is 0.487 e. The molecule has 5 nitrogen and oxygen atoms in total. The van der Waals surface area contributed by atoms with Gasteiger partial charge in [0.1, 0.15) is 23.9 Å². The summed E-state index contributed by atoms with van der Waals surface area (Å²) in [4.78, 5) is 18.4. The lowest BCUT2D eigenvalue weighted by Crippen LogP contribution is -2.39. The van der Waals surface area contributed by atoms with Crippen LogP contribution in [0.5, 0.6) is 5.75 Å². The molecule has 29 heavy (non-hydrogen) atoms. The van der Waals surface area contributed by atoms with Crippen molar-refractivity contribution in [3.8, 4) is 5.75 Å². The fourth-order valence-corrected chi connectivity index (χ4v) is 3.53. The third-order valence-electron chi connectivity index (χ3n) is 4.87. The molecule has 2 amide bonds. The number of fused-ring (bicyclic) bond motifs is 1. The van der Waals surface area contributed by atoms with Crippen molar-refractivity contribution < 1.29 is 13.9 Å². The smallest absolute Gasteiger partial charge is 0.326 e. The number of halogens is 2. The van der Waals surface area contributed by atoms with Gasteiger partial charge in [-0.25, -0.2) is 9.18 Å². The van der Waals surface area contributed by atoms with Crippen molar-refractivity contribution in [2.45, 2.75) is 27.0 Å². The van der Waals surface area contributed by atoms with Gasteiger partial charge in [0.25, 0.3) is 0 Å². The van der Waals surface area contributed by atoms with Crippen LogP contribution in [0.15, 0.2) is 48.7 Å². The topological polar surface area (TPSA) is 54.5 Å². The maximum absolute atomic E-state index is 13.8. The number of amides is 2. The van der Waals surface area contributed by atoms with Crippen LogP contribution >= 0.6 is 11.6 Å². The zero-order chi connectivity index (χ0) is 20.5. The van der Waals surface area contributed by atoms with Crippen LogP contribution in [0, 0.1) is 19.7 Å². The van der Waals surface area contributed by atoms with E-state index in [0.717, 1.165) is 22.4 Å². The van der Waals surface area contributed by atoms with E-state index in [4.69, 9.17) is 16.3 Å². The summed E-state index contributed by atoms with van der Waals surface area (Å²) in [6.45, 7) is 4.27. The fourth-order valence-electron chi connectivity index (χ4n) is 3.36. The molecule has 0 spiro atoms. The lowest BCUT2D eigenvalue weighted by molar-refractivity contribution is 0.256. The van der Waals surface area contributed by atoms with Crippen molar-refractivity contribution >= 4 is 29.0 Å². The molecule has 0 saturated heterocycles. The van der Waals surface area contributed by atoms with Crippen molar-refractivity contribution in [1.29, 1.82) is 0 Å². The molecule has 0 atom stereocenters. The molecule has 2 heterocycles. The molecule has 1 N–H and O–H groups in total.